The SMILES string of the molecule is CCNc1nc(C)cc(NCCNC(=O)C2CCC(=O)CC2)n1. The molecular weight excluding hydrogens is 294 g/mol. The van der Waals surface area contributed by atoms with Crippen molar-refractivity contribution in [3.63, 3.8) is 0 Å². The summed E-state index contributed by atoms with van der Waals surface area (Å²) in [6.45, 7) is 5.80. The van der Waals surface area contributed by atoms with E-state index in [1.54, 1.807) is 0 Å². The Hall–Kier alpha value is -2.18. The van der Waals surface area contributed by atoms with Gasteiger partial charge < -0.3 is 16.0 Å². The second-order valence-corrected chi connectivity index (χ2v) is 5.78. The Kier molecular flexibility index (Phi) is 6.31. The molecule has 1 fully saturated rings. The Morgan fingerprint density at radius 2 is 1.96 bits per heavy atom. The van der Waals surface area contributed by atoms with Crippen LogP contribution in [0.4, 0.5) is 11.8 Å². The van der Waals surface area contributed by atoms with Crippen LogP contribution in [0.25, 0.3) is 0 Å². The van der Waals surface area contributed by atoms with E-state index in [-0.39, 0.29) is 17.6 Å². The lowest BCUT2D eigenvalue weighted by molar-refractivity contribution is -0.128. The van der Waals surface area contributed by atoms with Gasteiger partial charge in [-0.15, -0.1) is 0 Å². The molecule has 1 aromatic heterocycles. The molecule has 23 heavy (non-hydrogen) atoms. The topological polar surface area (TPSA) is 96.0 Å². The molecule has 126 valence electrons. The van der Waals surface area contributed by atoms with Crippen molar-refractivity contribution in [3.05, 3.63) is 11.8 Å². The maximum Gasteiger partial charge on any atom is 0.224 e. The molecule has 0 bridgehead atoms. The van der Waals surface area contributed by atoms with Crippen molar-refractivity contribution < 1.29 is 9.59 Å². The standard InChI is InChI=1S/C16H25N5O2/c1-3-17-16-20-11(2)10-14(21-16)18-8-9-19-15(23)12-4-6-13(22)7-5-12/h10,12H,3-9H2,1-2H3,(H,19,23)(H2,17,18,20,21). The highest BCUT2D eigenvalue weighted by molar-refractivity contribution is 5.84. The van der Waals surface area contributed by atoms with Gasteiger partial charge in [0, 0.05) is 50.2 Å². The van der Waals surface area contributed by atoms with Crippen LogP contribution in [0, 0.1) is 12.8 Å². The first-order valence-electron chi connectivity index (χ1n) is 8.21. The number of ketones is 1. The number of amides is 1. The number of Topliss-reactive ketones (excluding diaryl/α,β-unsaturated/α-hetero) is 1. The van der Waals surface area contributed by atoms with E-state index >= 15 is 0 Å². The largest absolute Gasteiger partial charge is 0.368 e. The third-order valence-corrected chi connectivity index (χ3v) is 3.83. The monoisotopic (exact) mass is 319 g/mol. The number of rotatable bonds is 7. The fourth-order valence-corrected chi connectivity index (χ4v) is 2.62. The van der Waals surface area contributed by atoms with Crippen molar-refractivity contribution in [2.24, 2.45) is 5.92 Å². The van der Waals surface area contributed by atoms with Crippen molar-refractivity contribution in [2.45, 2.75) is 39.5 Å². The minimum atomic E-state index is -0.0191. The summed E-state index contributed by atoms with van der Waals surface area (Å²) in [6, 6.07) is 1.87. The van der Waals surface area contributed by atoms with Gasteiger partial charge in [-0.3, -0.25) is 9.59 Å². The van der Waals surface area contributed by atoms with Gasteiger partial charge in [0.15, 0.2) is 0 Å². The molecule has 0 saturated heterocycles. The van der Waals surface area contributed by atoms with Crippen LogP contribution in [0.5, 0.6) is 0 Å². The van der Waals surface area contributed by atoms with E-state index in [1.165, 1.54) is 0 Å². The molecule has 1 heterocycles. The predicted octanol–water partition coefficient (Wildman–Crippen LogP) is 1.50. The number of hydrogen-bond donors (Lipinski definition) is 3. The first kappa shape index (κ1) is 17.2. The highest BCUT2D eigenvalue weighted by Crippen LogP contribution is 2.21. The molecule has 0 atom stereocenters. The van der Waals surface area contributed by atoms with Crippen LogP contribution >= 0.6 is 0 Å². The van der Waals surface area contributed by atoms with Crippen molar-refractivity contribution >= 4 is 23.5 Å². The van der Waals surface area contributed by atoms with Gasteiger partial charge in [0.1, 0.15) is 11.6 Å². The molecule has 0 aliphatic heterocycles. The molecule has 1 aliphatic carbocycles. The molecule has 1 amide bonds. The summed E-state index contributed by atoms with van der Waals surface area (Å²) in [4.78, 5) is 31.9. The third-order valence-electron chi connectivity index (χ3n) is 3.83. The number of anilines is 2. The van der Waals surface area contributed by atoms with E-state index in [2.05, 4.69) is 25.9 Å². The van der Waals surface area contributed by atoms with Crippen molar-refractivity contribution in [1.82, 2.24) is 15.3 Å². The van der Waals surface area contributed by atoms with Crippen LogP contribution < -0.4 is 16.0 Å². The Bertz CT molecular complexity index is 551. The zero-order chi connectivity index (χ0) is 16.7. The molecule has 3 N–H and O–H groups in total. The van der Waals surface area contributed by atoms with Crippen LogP contribution in [0.3, 0.4) is 0 Å². The van der Waals surface area contributed by atoms with Crippen molar-refractivity contribution in [3.8, 4) is 0 Å². The van der Waals surface area contributed by atoms with Gasteiger partial charge in [0.2, 0.25) is 11.9 Å². The minimum absolute atomic E-state index is 0.0191. The Balaban J connectivity index is 1.72. The van der Waals surface area contributed by atoms with Gasteiger partial charge in [-0.1, -0.05) is 0 Å². The van der Waals surface area contributed by atoms with Crippen LogP contribution in [-0.2, 0) is 9.59 Å². The van der Waals surface area contributed by atoms with E-state index in [1.807, 2.05) is 19.9 Å². The van der Waals surface area contributed by atoms with Crippen LogP contribution in [0.15, 0.2) is 6.07 Å². The lowest BCUT2D eigenvalue weighted by Crippen LogP contribution is -2.36. The summed E-state index contributed by atoms with van der Waals surface area (Å²) in [7, 11) is 0. The summed E-state index contributed by atoms with van der Waals surface area (Å²) in [5.41, 5.74) is 0.884. The zero-order valence-electron chi connectivity index (χ0n) is 13.8. The number of nitrogens with one attached hydrogen (secondary N) is 3. The molecule has 0 spiro atoms. The van der Waals surface area contributed by atoms with E-state index < -0.39 is 0 Å². The van der Waals surface area contributed by atoms with E-state index in [4.69, 9.17) is 0 Å². The quantitative estimate of drug-likeness (QED) is 0.659. The third kappa shape index (κ3) is 5.50. The molecule has 7 heteroatoms. The lowest BCUT2D eigenvalue weighted by Gasteiger charge is -2.20. The number of carbonyl (C=O) groups excluding carboxylic acids is 2. The van der Waals surface area contributed by atoms with Gasteiger partial charge in [-0.25, -0.2) is 4.98 Å². The molecule has 0 unspecified atom stereocenters. The number of aromatic nitrogens is 2. The van der Waals surface area contributed by atoms with E-state index in [0.717, 1.165) is 18.1 Å². The molecule has 1 aliphatic rings. The summed E-state index contributed by atoms with van der Waals surface area (Å²) >= 11 is 0. The molecule has 1 aromatic rings. The molecular formula is C16H25N5O2. The first-order valence-corrected chi connectivity index (χ1v) is 8.21. The number of aryl methyl sites for hydroxylation is 1. The van der Waals surface area contributed by atoms with Crippen molar-refractivity contribution in [1.29, 1.82) is 0 Å². The second kappa shape index (κ2) is 8.45. The number of hydrogen-bond acceptors (Lipinski definition) is 6. The van der Waals surface area contributed by atoms with E-state index in [0.29, 0.717) is 44.7 Å². The minimum Gasteiger partial charge on any atom is -0.368 e. The average Bonchev–Trinajstić information content (AvgIpc) is 2.52. The van der Waals surface area contributed by atoms with Crippen molar-refractivity contribution in [2.75, 3.05) is 30.3 Å². The van der Waals surface area contributed by atoms with Gasteiger partial charge in [0.25, 0.3) is 0 Å². The zero-order valence-corrected chi connectivity index (χ0v) is 13.8. The van der Waals surface area contributed by atoms with E-state index in [9.17, 15) is 9.59 Å². The molecule has 0 radical (unpaired) electrons. The number of carbonyl (C=O) groups is 2. The maximum atomic E-state index is 12.0. The summed E-state index contributed by atoms with van der Waals surface area (Å²) in [5.74, 6) is 1.64. The number of nitrogens with zero attached hydrogens (tertiary/aromatic N) is 2. The maximum absolute atomic E-state index is 12.0. The molecule has 7 nitrogen and oxygen atoms in total. The predicted molar refractivity (Wildman–Crippen MR) is 89.4 cm³/mol. The van der Waals surface area contributed by atoms with Crippen LogP contribution in [0.2, 0.25) is 0 Å². The summed E-state index contributed by atoms with van der Waals surface area (Å²) in [5, 5.41) is 9.19. The van der Waals surface area contributed by atoms with Gasteiger partial charge in [-0.05, 0) is 26.7 Å². The fourth-order valence-electron chi connectivity index (χ4n) is 2.62. The Morgan fingerprint density at radius 3 is 2.65 bits per heavy atom. The molecule has 2 rings (SSSR count). The summed E-state index contributed by atoms with van der Waals surface area (Å²) in [6.07, 6.45) is 2.41. The van der Waals surface area contributed by atoms with Gasteiger partial charge in [-0.2, -0.15) is 4.98 Å². The molecule has 1 saturated carbocycles. The Labute approximate surface area is 136 Å². The Morgan fingerprint density at radius 1 is 1.22 bits per heavy atom. The highest BCUT2D eigenvalue weighted by atomic mass is 16.2. The first-order chi connectivity index (χ1) is 11.1. The highest BCUT2D eigenvalue weighted by Gasteiger charge is 2.24. The van der Waals surface area contributed by atoms with Gasteiger partial charge >= 0.3 is 0 Å². The fraction of sp³-hybridized carbons (Fsp3) is 0.625. The second-order valence-electron chi connectivity index (χ2n) is 5.78. The van der Waals surface area contributed by atoms with Crippen LogP contribution in [-0.4, -0.2) is 41.3 Å². The normalized spacial score (nSPS) is 15.3. The average molecular weight is 319 g/mol. The van der Waals surface area contributed by atoms with Gasteiger partial charge in [0.05, 0.1) is 0 Å². The van der Waals surface area contributed by atoms with Crippen LogP contribution in [0.1, 0.15) is 38.3 Å². The molecule has 0 aromatic carbocycles. The smallest absolute Gasteiger partial charge is 0.224 e. The summed E-state index contributed by atoms with van der Waals surface area (Å²) < 4.78 is 0. The lowest BCUT2D eigenvalue weighted by atomic mass is 9.88.